The number of hydrogen-bond acceptors (Lipinski definition) is 6. The lowest BCUT2D eigenvalue weighted by Crippen LogP contribution is -2.56. The summed E-state index contributed by atoms with van der Waals surface area (Å²) in [6.45, 7) is 4.43. The van der Waals surface area contributed by atoms with Crippen LogP contribution in [0.3, 0.4) is 0 Å². The number of methoxy groups -OCH3 is 1. The van der Waals surface area contributed by atoms with E-state index in [1.165, 1.54) is 14.0 Å². The van der Waals surface area contributed by atoms with Crippen LogP contribution in [0.5, 0.6) is 0 Å². The third kappa shape index (κ3) is 6.06. The van der Waals surface area contributed by atoms with E-state index in [1.807, 2.05) is 35.2 Å². The molecule has 174 valence electrons. The van der Waals surface area contributed by atoms with Gasteiger partial charge in [0.15, 0.2) is 0 Å². The van der Waals surface area contributed by atoms with Crippen molar-refractivity contribution in [3.8, 4) is 0 Å². The van der Waals surface area contributed by atoms with Gasteiger partial charge in [0.1, 0.15) is 12.1 Å². The Labute approximate surface area is 188 Å². The van der Waals surface area contributed by atoms with E-state index in [-0.39, 0.29) is 30.3 Å². The van der Waals surface area contributed by atoms with Crippen molar-refractivity contribution in [2.45, 2.75) is 38.3 Å². The molecular weight excluding hydrogens is 412 g/mol. The van der Waals surface area contributed by atoms with Crippen molar-refractivity contribution < 1.29 is 23.9 Å². The molecule has 2 aliphatic heterocycles. The van der Waals surface area contributed by atoms with Crippen molar-refractivity contribution in [1.29, 1.82) is 0 Å². The monoisotopic (exact) mass is 444 g/mol. The van der Waals surface area contributed by atoms with Gasteiger partial charge in [-0.05, 0) is 18.4 Å². The molecule has 9 nitrogen and oxygen atoms in total. The highest BCUT2D eigenvalue weighted by Crippen LogP contribution is 2.20. The number of hydrogen-bond donors (Lipinski definition) is 1. The number of esters is 1. The minimum Gasteiger partial charge on any atom is -0.467 e. The van der Waals surface area contributed by atoms with E-state index in [2.05, 4.69) is 5.32 Å². The highest BCUT2D eigenvalue weighted by atomic mass is 16.5. The predicted molar refractivity (Wildman–Crippen MR) is 118 cm³/mol. The molecule has 32 heavy (non-hydrogen) atoms. The number of piperazine rings is 1. The Hall–Kier alpha value is -2.94. The second-order valence-electron chi connectivity index (χ2n) is 8.30. The fraction of sp³-hybridized carbons (Fsp3) is 0.565. The topological polar surface area (TPSA) is 99.3 Å². The second-order valence-corrected chi connectivity index (χ2v) is 8.30. The smallest absolute Gasteiger partial charge is 0.328 e. The van der Waals surface area contributed by atoms with Crippen molar-refractivity contribution in [3.63, 3.8) is 0 Å². The summed E-state index contributed by atoms with van der Waals surface area (Å²) in [6.07, 6.45) is 1.91. The number of carbonyl (C=O) groups excluding carboxylic acids is 4. The standard InChI is InChI=1S/C23H32N4O5/c1-17(28)27-10-6-9-20(27)22(30)26-13-11-25(12-14-26)16-21(29)24-19(23(31)32-2)15-18-7-4-3-5-8-18/h3-5,7-8,19-20H,6,9-16H2,1-2H3,(H,24,29)/t19-,20-/m0/s1. The number of carbonyl (C=O) groups is 4. The van der Waals surface area contributed by atoms with Gasteiger partial charge >= 0.3 is 5.97 Å². The van der Waals surface area contributed by atoms with Crippen molar-refractivity contribution in [2.24, 2.45) is 0 Å². The molecule has 1 aromatic rings. The van der Waals surface area contributed by atoms with Crippen molar-refractivity contribution in [3.05, 3.63) is 35.9 Å². The van der Waals surface area contributed by atoms with Crippen LogP contribution in [-0.2, 0) is 30.3 Å². The van der Waals surface area contributed by atoms with Gasteiger partial charge in [-0.3, -0.25) is 19.3 Å². The highest BCUT2D eigenvalue weighted by molar-refractivity contribution is 5.88. The van der Waals surface area contributed by atoms with E-state index < -0.39 is 12.0 Å². The molecule has 0 aliphatic carbocycles. The molecule has 0 spiro atoms. The van der Waals surface area contributed by atoms with Gasteiger partial charge in [0.05, 0.1) is 13.7 Å². The maximum atomic E-state index is 12.9. The number of rotatable bonds is 7. The van der Waals surface area contributed by atoms with Crippen LogP contribution in [0.15, 0.2) is 30.3 Å². The molecule has 0 radical (unpaired) electrons. The quantitative estimate of drug-likeness (QED) is 0.597. The van der Waals surface area contributed by atoms with E-state index in [0.29, 0.717) is 45.6 Å². The number of nitrogens with one attached hydrogen (secondary N) is 1. The molecule has 0 saturated carbocycles. The summed E-state index contributed by atoms with van der Waals surface area (Å²) in [4.78, 5) is 54.7. The minimum atomic E-state index is -0.752. The fourth-order valence-electron chi connectivity index (χ4n) is 4.37. The Morgan fingerprint density at radius 1 is 1.06 bits per heavy atom. The molecule has 9 heteroatoms. The van der Waals surface area contributed by atoms with Gasteiger partial charge in [0, 0.05) is 46.1 Å². The Kier molecular flexibility index (Phi) is 8.21. The molecule has 1 aromatic carbocycles. The lowest BCUT2D eigenvalue weighted by molar-refractivity contribution is -0.145. The summed E-state index contributed by atoms with van der Waals surface area (Å²) in [6, 6.07) is 8.34. The Morgan fingerprint density at radius 3 is 2.38 bits per heavy atom. The first kappa shape index (κ1) is 23.7. The van der Waals surface area contributed by atoms with Crippen LogP contribution in [-0.4, -0.2) is 96.9 Å². The summed E-state index contributed by atoms with van der Waals surface area (Å²) in [5.41, 5.74) is 0.932. The molecule has 2 saturated heterocycles. The first-order chi connectivity index (χ1) is 15.4. The van der Waals surface area contributed by atoms with Gasteiger partial charge < -0.3 is 19.9 Å². The number of likely N-dealkylation sites (tertiary alicyclic amines) is 1. The lowest BCUT2D eigenvalue weighted by Gasteiger charge is -2.37. The zero-order valence-corrected chi connectivity index (χ0v) is 18.8. The molecule has 3 rings (SSSR count). The Morgan fingerprint density at radius 2 is 1.75 bits per heavy atom. The van der Waals surface area contributed by atoms with Crippen LogP contribution in [0.25, 0.3) is 0 Å². The average Bonchev–Trinajstić information content (AvgIpc) is 3.29. The van der Waals surface area contributed by atoms with Crippen LogP contribution in [0, 0.1) is 0 Å². The first-order valence-corrected chi connectivity index (χ1v) is 11.1. The van der Waals surface area contributed by atoms with E-state index >= 15 is 0 Å². The molecule has 1 N–H and O–H groups in total. The van der Waals surface area contributed by atoms with Crippen LogP contribution < -0.4 is 5.32 Å². The molecular formula is C23H32N4O5. The summed E-state index contributed by atoms with van der Waals surface area (Å²) < 4.78 is 4.85. The summed E-state index contributed by atoms with van der Waals surface area (Å²) in [7, 11) is 1.31. The van der Waals surface area contributed by atoms with Gasteiger partial charge in [-0.15, -0.1) is 0 Å². The molecule has 2 atom stereocenters. The van der Waals surface area contributed by atoms with E-state index in [4.69, 9.17) is 4.74 Å². The van der Waals surface area contributed by atoms with Crippen LogP contribution in [0.2, 0.25) is 0 Å². The second kappa shape index (κ2) is 11.1. The maximum absolute atomic E-state index is 12.9. The maximum Gasteiger partial charge on any atom is 0.328 e. The minimum absolute atomic E-state index is 0.00424. The third-order valence-electron chi connectivity index (χ3n) is 6.10. The molecule has 0 aromatic heterocycles. The number of ether oxygens (including phenoxy) is 1. The molecule has 0 bridgehead atoms. The van der Waals surface area contributed by atoms with E-state index in [9.17, 15) is 19.2 Å². The number of amides is 3. The normalized spacial score (nSPS) is 20.0. The van der Waals surface area contributed by atoms with Gasteiger partial charge in [-0.1, -0.05) is 30.3 Å². The van der Waals surface area contributed by atoms with Crippen molar-refractivity contribution in [1.82, 2.24) is 20.0 Å². The van der Waals surface area contributed by atoms with Crippen molar-refractivity contribution >= 4 is 23.7 Å². The van der Waals surface area contributed by atoms with Gasteiger partial charge in [0.2, 0.25) is 17.7 Å². The van der Waals surface area contributed by atoms with Crippen LogP contribution in [0.4, 0.5) is 0 Å². The third-order valence-corrected chi connectivity index (χ3v) is 6.10. The molecule has 3 amide bonds. The Bertz CT molecular complexity index is 823. The van der Waals surface area contributed by atoms with Gasteiger partial charge in [-0.2, -0.15) is 0 Å². The highest BCUT2D eigenvalue weighted by Gasteiger charge is 2.36. The summed E-state index contributed by atoms with van der Waals surface area (Å²) >= 11 is 0. The van der Waals surface area contributed by atoms with E-state index in [1.54, 1.807) is 9.80 Å². The zero-order valence-electron chi connectivity index (χ0n) is 18.8. The Balaban J connectivity index is 1.48. The predicted octanol–water partition coefficient (Wildman–Crippen LogP) is 0.0420. The van der Waals surface area contributed by atoms with Crippen molar-refractivity contribution in [2.75, 3.05) is 46.4 Å². The van der Waals surface area contributed by atoms with E-state index in [0.717, 1.165) is 12.0 Å². The van der Waals surface area contributed by atoms with Crippen LogP contribution in [0.1, 0.15) is 25.3 Å². The number of benzene rings is 1. The van der Waals surface area contributed by atoms with Gasteiger partial charge in [-0.25, -0.2) is 4.79 Å². The summed E-state index contributed by atoms with van der Waals surface area (Å²) in [5.74, 6) is -0.805. The lowest BCUT2D eigenvalue weighted by atomic mass is 10.1. The first-order valence-electron chi connectivity index (χ1n) is 11.1. The number of nitrogens with zero attached hydrogens (tertiary/aromatic N) is 3. The largest absolute Gasteiger partial charge is 0.467 e. The molecule has 2 fully saturated rings. The van der Waals surface area contributed by atoms with Crippen LogP contribution >= 0.6 is 0 Å². The molecule has 2 heterocycles. The molecule has 2 aliphatic rings. The SMILES string of the molecule is COC(=O)[C@H](Cc1ccccc1)NC(=O)CN1CCN(C(=O)[C@@H]2CCCN2C(C)=O)CC1. The average molecular weight is 445 g/mol. The zero-order chi connectivity index (χ0) is 23.1. The molecule has 0 unspecified atom stereocenters. The fourth-order valence-corrected chi connectivity index (χ4v) is 4.37. The summed E-state index contributed by atoms with van der Waals surface area (Å²) in [5, 5.41) is 2.78. The van der Waals surface area contributed by atoms with Gasteiger partial charge in [0.25, 0.3) is 0 Å².